The lowest BCUT2D eigenvalue weighted by atomic mass is 10.1. The summed E-state index contributed by atoms with van der Waals surface area (Å²) >= 11 is 9.28. The van der Waals surface area contributed by atoms with Gasteiger partial charge in [-0.2, -0.15) is 0 Å². The first-order valence-corrected chi connectivity index (χ1v) is 7.99. The van der Waals surface area contributed by atoms with Gasteiger partial charge < -0.3 is 4.74 Å². The number of aryl methyl sites for hydroxylation is 1. The maximum absolute atomic E-state index is 5.85. The molecule has 0 aliphatic rings. The minimum absolute atomic E-state index is 0.655. The highest BCUT2D eigenvalue weighted by Gasteiger charge is 2.15. The van der Waals surface area contributed by atoms with Crippen LogP contribution in [0.15, 0.2) is 22.9 Å². The molecule has 17 heavy (non-hydrogen) atoms. The fraction of sp³-hybridized carbons (Fsp3) is 0.385. The van der Waals surface area contributed by atoms with Crippen molar-refractivity contribution >= 4 is 34.3 Å². The summed E-state index contributed by atoms with van der Waals surface area (Å²) < 4.78 is 5.82. The molecule has 2 aromatic rings. The minimum Gasteiger partial charge on any atom is -0.483 e. The normalized spacial score (nSPS) is 10.7. The van der Waals surface area contributed by atoms with Gasteiger partial charge in [0.15, 0.2) is 5.06 Å². The Morgan fingerprint density at radius 1 is 1.35 bits per heavy atom. The van der Waals surface area contributed by atoms with Crippen LogP contribution in [0.5, 0.6) is 5.06 Å². The van der Waals surface area contributed by atoms with Gasteiger partial charge in [-0.1, -0.05) is 13.0 Å². The first-order valence-electron chi connectivity index (χ1n) is 5.69. The van der Waals surface area contributed by atoms with Crippen LogP contribution in [0.1, 0.15) is 18.9 Å². The van der Waals surface area contributed by atoms with E-state index in [1.165, 1.54) is 16.0 Å². The number of halogens is 1. The van der Waals surface area contributed by atoms with Crippen LogP contribution in [0.3, 0.4) is 0 Å². The lowest BCUT2D eigenvalue weighted by Gasteiger charge is -2.06. The van der Waals surface area contributed by atoms with Crippen molar-refractivity contribution < 1.29 is 4.74 Å². The molecular formula is C13H15ClOS2. The Morgan fingerprint density at radius 2 is 2.24 bits per heavy atom. The van der Waals surface area contributed by atoms with Crippen LogP contribution in [0.4, 0.5) is 0 Å². The van der Waals surface area contributed by atoms with Crippen molar-refractivity contribution in [1.82, 2.24) is 0 Å². The molecule has 2 aromatic heterocycles. The summed E-state index contributed by atoms with van der Waals surface area (Å²) in [7, 11) is 0. The molecule has 0 amide bonds. The van der Waals surface area contributed by atoms with Gasteiger partial charge in [0, 0.05) is 16.3 Å². The van der Waals surface area contributed by atoms with Gasteiger partial charge >= 0.3 is 0 Å². The molecule has 0 radical (unpaired) electrons. The molecule has 0 aliphatic carbocycles. The number of hydrogen-bond donors (Lipinski definition) is 0. The van der Waals surface area contributed by atoms with Gasteiger partial charge in [0.2, 0.25) is 0 Å². The smallest absolute Gasteiger partial charge is 0.182 e. The SMILES string of the molecule is CCCOc1scc(CCCl)c1-c1cccs1. The van der Waals surface area contributed by atoms with Crippen LogP contribution in [-0.4, -0.2) is 12.5 Å². The van der Waals surface area contributed by atoms with E-state index in [4.69, 9.17) is 16.3 Å². The third-order valence-electron chi connectivity index (χ3n) is 2.40. The second-order valence-electron chi connectivity index (χ2n) is 3.69. The average Bonchev–Trinajstić information content (AvgIpc) is 2.95. The maximum atomic E-state index is 5.85. The predicted molar refractivity (Wildman–Crippen MR) is 77.8 cm³/mol. The molecule has 92 valence electrons. The van der Waals surface area contributed by atoms with Crippen LogP contribution in [-0.2, 0) is 6.42 Å². The van der Waals surface area contributed by atoms with E-state index < -0.39 is 0 Å². The highest BCUT2D eigenvalue weighted by molar-refractivity contribution is 7.15. The first-order chi connectivity index (χ1) is 8.36. The quantitative estimate of drug-likeness (QED) is 0.676. The molecule has 0 saturated heterocycles. The highest BCUT2D eigenvalue weighted by atomic mass is 35.5. The van der Waals surface area contributed by atoms with Crippen LogP contribution >= 0.6 is 34.3 Å². The van der Waals surface area contributed by atoms with Gasteiger partial charge in [0.05, 0.1) is 6.61 Å². The molecule has 0 aromatic carbocycles. The molecule has 0 unspecified atom stereocenters. The van der Waals surface area contributed by atoms with E-state index in [9.17, 15) is 0 Å². The van der Waals surface area contributed by atoms with Crippen molar-refractivity contribution in [2.45, 2.75) is 19.8 Å². The first kappa shape index (κ1) is 12.9. The molecule has 4 heteroatoms. The van der Waals surface area contributed by atoms with Gasteiger partial charge in [0.25, 0.3) is 0 Å². The molecular weight excluding hydrogens is 272 g/mol. The van der Waals surface area contributed by atoms with E-state index in [-0.39, 0.29) is 0 Å². The Kier molecular flexibility index (Phi) is 4.89. The molecule has 0 bridgehead atoms. The second kappa shape index (κ2) is 6.43. The number of hydrogen-bond acceptors (Lipinski definition) is 3. The van der Waals surface area contributed by atoms with E-state index in [0.717, 1.165) is 24.5 Å². The fourth-order valence-electron chi connectivity index (χ4n) is 1.64. The fourth-order valence-corrected chi connectivity index (χ4v) is 3.71. The molecule has 0 N–H and O–H groups in total. The Morgan fingerprint density at radius 3 is 2.88 bits per heavy atom. The van der Waals surface area contributed by atoms with Crippen molar-refractivity contribution in [3.63, 3.8) is 0 Å². The van der Waals surface area contributed by atoms with Crippen LogP contribution in [0.25, 0.3) is 10.4 Å². The number of rotatable bonds is 6. The number of thiophene rings is 2. The third kappa shape index (κ3) is 3.03. The Bertz CT molecular complexity index is 448. The van der Waals surface area contributed by atoms with Crippen molar-refractivity contribution in [3.05, 3.63) is 28.5 Å². The largest absolute Gasteiger partial charge is 0.483 e. The van der Waals surface area contributed by atoms with Crippen molar-refractivity contribution in [3.8, 4) is 15.5 Å². The molecule has 0 atom stereocenters. The maximum Gasteiger partial charge on any atom is 0.182 e. The zero-order valence-corrected chi connectivity index (χ0v) is 12.1. The van der Waals surface area contributed by atoms with E-state index >= 15 is 0 Å². The van der Waals surface area contributed by atoms with E-state index in [1.54, 1.807) is 22.7 Å². The summed E-state index contributed by atoms with van der Waals surface area (Å²) in [6.07, 6.45) is 1.94. The highest BCUT2D eigenvalue weighted by Crippen LogP contribution is 2.41. The zero-order valence-electron chi connectivity index (χ0n) is 9.74. The summed E-state index contributed by atoms with van der Waals surface area (Å²) in [4.78, 5) is 1.28. The van der Waals surface area contributed by atoms with Crippen molar-refractivity contribution in [2.24, 2.45) is 0 Å². The minimum atomic E-state index is 0.655. The van der Waals surface area contributed by atoms with E-state index in [2.05, 4.69) is 29.8 Å². The Labute approximate surface area is 115 Å². The van der Waals surface area contributed by atoms with Crippen molar-refractivity contribution in [2.75, 3.05) is 12.5 Å². The monoisotopic (exact) mass is 286 g/mol. The molecule has 0 fully saturated rings. The van der Waals surface area contributed by atoms with Gasteiger partial charge in [-0.05, 0) is 35.2 Å². The topological polar surface area (TPSA) is 9.23 Å². The second-order valence-corrected chi connectivity index (χ2v) is 5.86. The lowest BCUT2D eigenvalue weighted by Crippen LogP contribution is -1.95. The lowest BCUT2D eigenvalue weighted by molar-refractivity contribution is 0.328. The standard InChI is InChI=1S/C13H15ClOS2/c1-2-7-15-13-12(11-4-3-8-16-11)10(5-6-14)9-17-13/h3-4,8-9H,2,5-7H2,1H3. The number of ether oxygens (including phenoxy) is 1. The number of alkyl halides is 1. The molecule has 2 heterocycles. The molecule has 0 spiro atoms. The molecule has 0 aliphatic heterocycles. The van der Waals surface area contributed by atoms with E-state index in [0.29, 0.717) is 5.88 Å². The van der Waals surface area contributed by atoms with E-state index in [1.807, 2.05) is 0 Å². The summed E-state index contributed by atoms with van der Waals surface area (Å²) in [6, 6.07) is 4.22. The molecule has 0 saturated carbocycles. The van der Waals surface area contributed by atoms with Gasteiger partial charge in [-0.3, -0.25) is 0 Å². The average molecular weight is 287 g/mol. The zero-order chi connectivity index (χ0) is 12.1. The van der Waals surface area contributed by atoms with Crippen LogP contribution in [0, 0.1) is 0 Å². The molecule has 2 rings (SSSR count). The summed E-state index contributed by atoms with van der Waals surface area (Å²) in [5.74, 6) is 0.655. The van der Waals surface area contributed by atoms with Gasteiger partial charge in [0.1, 0.15) is 0 Å². The van der Waals surface area contributed by atoms with Gasteiger partial charge in [-0.25, -0.2) is 0 Å². The molecule has 1 nitrogen and oxygen atoms in total. The summed E-state index contributed by atoms with van der Waals surface area (Å²) in [6.45, 7) is 2.90. The predicted octanol–water partition coefficient (Wildman–Crippen LogP) is 5.05. The summed E-state index contributed by atoms with van der Waals surface area (Å²) in [5.41, 5.74) is 2.55. The van der Waals surface area contributed by atoms with Crippen molar-refractivity contribution in [1.29, 1.82) is 0 Å². The van der Waals surface area contributed by atoms with Crippen LogP contribution in [0.2, 0.25) is 0 Å². The van der Waals surface area contributed by atoms with Gasteiger partial charge in [-0.15, -0.1) is 34.3 Å². The Balaban J connectivity index is 2.33. The van der Waals surface area contributed by atoms with Crippen LogP contribution < -0.4 is 4.74 Å². The Hall–Kier alpha value is -0.510. The third-order valence-corrected chi connectivity index (χ3v) is 4.42. The summed E-state index contributed by atoms with van der Waals surface area (Å²) in [5, 5.41) is 5.30.